The molecule has 0 spiro atoms. The molecular weight excluding hydrogens is 426 g/mol. The zero-order chi connectivity index (χ0) is 23.1. The van der Waals surface area contributed by atoms with E-state index < -0.39 is 0 Å². The molecule has 2 aromatic carbocycles. The largest absolute Gasteiger partial charge is 0.497 e. The van der Waals surface area contributed by atoms with Gasteiger partial charge < -0.3 is 19.9 Å². The number of amides is 2. The second kappa shape index (κ2) is 10.8. The number of methoxy groups -OCH3 is 1. The molecule has 3 rings (SSSR count). The third-order valence-electron chi connectivity index (χ3n) is 4.84. The van der Waals surface area contributed by atoms with Crippen molar-refractivity contribution in [3.8, 4) is 5.75 Å². The molecule has 0 aliphatic carbocycles. The molecule has 1 atom stereocenters. The third kappa shape index (κ3) is 5.88. The van der Waals surface area contributed by atoms with Crippen molar-refractivity contribution >= 4 is 29.3 Å². The number of rotatable bonds is 9. The van der Waals surface area contributed by atoms with E-state index >= 15 is 0 Å². The van der Waals surface area contributed by atoms with Crippen LogP contribution in [0.3, 0.4) is 0 Å². The minimum atomic E-state index is -0.317. The first-order chi connectivity index (χ1) is 15.4. The van der Waals surface area contributed by atoms with E-state index in [-0.39, 0.29) is 29.5 Å². The van der Waals surface area contributed by atoms with Crippen LogP contribution in [0.15, 0.2) is 59.8 Å². The molecule has 8 nitrogen and oxygen atoms in total. The fourth-order valence-electron chi connectivity index (χ4n) is 3.07. The number of thioether (sulfide) groups is 1. The lowest BCUT2D eigenvalue weighted by atomic mass is 10.0. The van der Waals surface area contributed by atoms with Gasteiger partial charge in [-0.05, 0) is 42.3 Å². The lowest BCUT2D eigenvalue weighted by Crippen LogP contribution is -2.33. The lowest BCUT2D eigenvalue weighted by molar-refractivity contribution is -0.113. The van der Waals surface area contributed by atoms with E-state index in [1.54, 1.807) is 43.5 Å². The van der Waals surface area contributed by atoms with Gasteiger partial charge in [0.15, 0.2) is 11.0 Å². The van der Waals surface area contributed by atoms with Crippen molar-refractivity contribution < 1.29 is 14.3 Å². The van der Waals surface area contributed by atoms with Crippen molar-refractivity contribution in [2.45, 2.75) is 25.0 Å². The molecule has 2 N–H and O–H groups in total. The minimum absolute atomic E-state index is 0.0989. The van der Waals surface area contributed by atoms with Gasteiger partial charge in [-0.1, -0.05) is 43.8 Å². The number of hydrogen-bond acceptors (Lipinski definition) is 6. The summed E-state index contributed by atoms with van der Waals surface area (Å²) in [5, 5.41) is 15.0. The van der Waals surface area contributed by atoms with Crippen molar-refractivity contribution in [3.05, 3.63) is 66.0 Å². The Kier molecular flexibility index (Phi) is 7.88. The van der Waals surface area contributed by atoms with Gasteiger partial charge in [0.2, 0.25) is 5.91 Å². The highest BCUT2D eigenvalue weighted by atomic mass is 32.2. The number of nitrogens with zero attached hydrogens (tertiary/aromatic N) is 3. The number of aromatic nitrogens is 3. The molecule has 2 amide bonds. The van der Waals surface area contributed by atoms with Gasteiger partial charge in [-0.2, -0.15) is 0 Å². The van der Waals surface area contributed by atoms with Gasteiger partial charge in [0.1, 0.15) is 5.75 Å². The number of benzene rings is 2. The van der Waals surface area contributed by atoms with Gasteiger partial charge in [0.05, 0.1) is 18.9 Å². The van der Waals surface area contributed by atoms with Crippen LogP contribution in [0, 0.1) is 5.92 Å². The Morgan fingerprint density at radius 1 is 1.06 bits per heavy atom. The van der Waals surface area contributed by atoms with Crippen LogP contribution in [0.1, 0.15) is 36.1 Å². The summed E-state index contributed by atoms with van der Waals surface area (Å²) in [4.78, 5) is 25.0. The third-order valence-corrected chi connectivity index (χ3v) is 5.86. The fourth-order valence-corrected chi connectivity index (χ4v) is 3.79. The number of carbonyl (C=O) groups is 2. The van der Waals surface area contributed by atoms with E-state index in [1.165, 1.54) is 11.8 Å². The number of carbonyl (C=O) groups excluding carboxylic acids is 2. The Hall–Kier alpha value is -3.33. The van der Waals surface area contributed by atoms with Crippen molar-refractivity contribution in [2.75, 3.05) is 18.2 Å². The molecule has 0 aliphatic heterocycles. The summed E-state index contributed by atoms with van der Waals surface area (Å²) >= 11 is 1.29. The van der Waals surface area contributed by atoms with Gasteiger partial charge in [-0.15, -0.1) is 10.2 Å². The number of nitrogens with one attached hydrogen (secondary N) is 2. The molecule has 0 radical (unpaired) electrons. The Labute approximate surface area is 191 Å². The summed E-state index contributed by atoms with van der Waals surface area (Å²) in [6.07, 6.45) is 0. The molecule has 168 valence electrons. The normalized spacial score (nSPS) is 11.8. The monoisotopic (exact) mass is 453 g/mol. The van der Waals surface area contributed by atoms with Gasteiger partial charge in [0, 0.05) is 18.3 Å². The molecule has 0 aliphatic rings. The predicted octanol–water partition coefficient (Wildman–Crippen LogP) is 3.68. The van der Waals surface area contributed by atoms with E-state index in [2.05, 4.69) is 20.8 Å². The first-order valence-corrected chi connectivity index (χ1v) is 11.2. The zero-order valence-electron chi connectivity index (χ0n) is 18.5. The average molecular weight is 454 g/mol. The van der Waals surface area contributed by atoms with Crippen LogP contribution < -0.4 is 15.4 Å². The molecule has 1 aromatic heterocycles. The second-order valence-corrected chi connectivity index (χ2v) is 8.47. The van der Waals surface area contributed by atoms with E-state index in [0.717, 1.165) is 5.75 Å². The molecule has 9 heteroatoms. The summed E-state index contributed by atoms with van der Waals surface area (Å²) in [7, 11) is 3.43. The van der Waals surface area contributed by atoms with Crippen LogP contribution in [-0.4, -0.2) is 39.4 Å². The zero-order valence-corrected chi connectivity index (χ0v) is 19.3. The van der Waals surface area contributed by atoms with Gasteiger partial charge in [0.25, 0.3) is 5.91 Å². The van der Waals surface area contributed by atoms with Gasteiger partial charge in [-0.3, -0.25) is 9.59 Å². The molecule has 0 saturated heterocycles. The van der Waals surface area contributed by atoms with Crippen LogP contribution in [0.2, 0.25) is 0 Å². The van der Waals surface area contributed by atoms with Crippen molar-refractivity contribution in [3.63, 3.8) is 0 Å². The molecule has 32 heavy (non-hydrogen) atoms. The van der Waals surface area contributed by atoms with Crippen molar-refractivity contribution in [1.82, 2.24) is 20.1 Å². The van der Waals surface area contributed by atoms with E-state index in [1.807, 2.05) is 43.7 Å². The second-order valence-electron chi connectivity index (χ2n) is 7.53. The van der Waals surface area contributed by atoms with E-state index in [4.69, 9.17) is 4.74 Å². The fraction of sp³-hybridized carbons (Fsp3) is 0.304. The molecular formula is C23H27N5O3S. The SMILES string of the molecule is COc1ccc(NC(=O)CSc2nnc(C(NC(=O)c3ccccc3)C(C)C)n2C)cc1. The van der Waals surface area contributed by atoms with Crippen LogP contribution in [-0.2, 0) is 11.8 Å². The molecule has 3 aromatic rings. The van der Waals surface area contributed by atoms with E-state index in [9.17, 15) is 9.59 Å². The maximum atomic E-state index is 12.6. The van der Waals surface area contributed by atoms with Crippen LogP contribution in [0.5, 0.6) is 5.75 Å². The van der Waals surface area contributed by atoms with E-state index in [0.29, 0.717) is 22.2 Å². The predicted molar refractivity (Wildman–Crippen MR) is 125 cm³/mol. The summed E-state index contributed by atoms with van der Waals surface area (Å²) < 4.78 is 6.94. The highest BCUT2D eigenvalue weighted by Gasteiger charge is 2.25. The summed E-state index contributed by atoms with van der Waals surface area (Å²) in [5.74, 6) is 1.33. The standard InChI is InChI=1S/C23H27N5O3S/c1-15(2)20(25-22(30)16-8-6-5-7-9-16)21-26-27-23(28(21)3)32-14-19(29)24-17-10-12-18(31-4)13-11-17/h5-13,15,20H,14H2,1-4H3,(H,24,29)(H,25,30). The van der Waals surface area contributed by atoms with Gasteiger partial charge in [-0.25, -0.2) is 0 Å². The highest BCUT2D eigenvalue weighted by molar-refractivity contribution is 7.99. The van der Waals surface area contributed by atoms with Crippen LogP contribution >= 0.6 is 11.8 Å². The average Bonchev–Trinajstić information content (AvgIpc) is 3.16. The molecule has 1 unspecified atom stereocenters. The lowest BCUT2D eigenvalue weighted by Gasteiger charge is -2.21. The number of ether oxygens (including phenoxy) is 1. The Balaban J connectivity index is 1.63. The maximum absolute atomic E-state index is 12.6. The maximum Gasteiger partial charge on any atom is 0.251 e. The van der Waals surface area contributed by atoms with Gasteiger partial charge >= 0.3 is 0 Å². The number of hydrogen-bond donors (Lipinski definition) is 2. The summed E-state index contributed by atoms with van der Waals surface area (Å²) in [5.41, 5.74) is 1.28. The van der Waals surface area contributed by atoms with Crippen molar-refractivity contribution in [1.29, 1.82) is 0 Å². The molecule has 1 heterocycles. The quantitative estimate of drug-likeness (QED) is 0.480. The Morgan fingerprint density at radius 3 is 2.38 bits per heavy atom. The minimum Gasteiger partial charge on any atom is -0.497 e. The number of anilines is 1. The first kappa shape index (κ1) is 23.3. The highest BCUT2D eigenvalue weighted by Crippen LogP contribution is 2.24. The molecule has 0 saturated carbocycles. The summed E-state index contributed by atoms with van der Waals surface area (Å²) in [6.45, 7) is 4.03. The van der Waals surface area contributed by atoms with Crippen molar-refractivity contribution in [2.24, 2.45) is 13.0 Å². The smallest absolute Gasteiger partial charge is 0.251 e. The topological polar surface area (TPSA) is 98.1 Å². The molecule has 0 bridgehead atoms. The molecule has 0 fully saturated rings. The van der Waals surface area contributed by atoms with Crippen LogP contribution in [0.25, 0.3) is 0 Å². The Morgan fingerprint density at radius 2 is 1.75 bits per heavy atom. The van der Waals surface area contributed by atoms with Crippen LogP contribution in [0.4, 0.5) is 5.69 Å². The first-order valence-electron chi connectivity index (χ1n) is 10.2. The Bertz CT molecular complexity index is 1050. The summed E-state index contributed by atoms with van der Waals surface area (Å²) in [6, 6.07) is 15.9.